The molecule has 0 atom stereocenters. The van der Waals surface area contributed by atoms with Gasteiger partial charge in [-0.1, -0.05) is 18.2 Å². The van der Waals surface area contributed by atoms with Crippen LogP contribution >= 0.6 is 11.3 Å². The predicted octanol–water partition coefficient (Wildman–Crippen LogP) is 3.66. The van der Waals surface area contributed by atoms with Gasteiger partial charge in [-0.15, -0.1) is 11.3 Å². The number of hydrogen-bond acceptors (Lipinski definition) is 5. The SMILES string of the molecule is CC(=O)Nc1ccc(NC(=O)COC(=O)c2cc3ccccc3s2)cc1. The van der Waals surface area contributed by atoms with E-state index in [2.05, 4.69) is 10.6 Å². The first-order valence-corrected chi connectivity index (χ1v) is 8.66. The second-order valence-electron chi connectivity index (χ2n) is 5.53. The fraction of sp³-hybridized carbons (Fsp3) is 0.105. The number of ether oxygens (including phenoxy) is 1. The highest BCUT2D eigenvalue weighted by molar-refractivity contribution is 7.20. The Hall–Kier alpha value is -3.19. The van der Waals surface area contributed by atoms with Crippen molar-refractivity contribution >= 4 is 50.6 Å². The van der Waals surface area contributed by atoms with Crippen molar-refractivity contribution in [1.29, 1.82) is 0 Å². The van der Waals surface area contributed by atoms with Crippen molar-refractivity contribution in [2.45, 2.75) is 6.92 Å². The van der Waals surface area contributed by atoms with Crippen LogP contribution in [-0.4, -0.2) is 24.4 Å². The molecule has 0 fully saturated rings. The zero-order valence-electron chi connectivity index (χ0n) is 13.9. The van der Waals surface area contributed by atoms with Crippen LogP contribution < -0.4 is 10.6 Å². The van der Waals surface area contributed by atoms with E-state index in [9.17, 15) is 14.4 Å². The summed E-state index contributed by atoms with van der Waals surface area (Å²) in [6.45, 7) is 1.04. The summed E-state index contributed by atoms with van der Waals surface area (Å²) in [5, 5.41) is 6.23. The van der Waals surface area contributed by atoms with Crippen LogP contribution in [-0.2, 0) is 14.3 Å². The second-order valence-corrected chi connectivity index (χ2v) is 6.62. The predicted molar refractivity (Wildman–Crippen MR) is 101 cm³/mol. The molecule has 0 aliphatic rings. The summed E-state index contributed by atoms with van der Waals surface area (Å²) in [4.78, 5) is 35.4. The molecule has 1 heterocycles. The molecule has 2 N–H and O–H groups in total. The molecule has 1 aromatic heterocycles. The number of carbonyl (C=O) groups is 3. The Morgan fingerprint density at radius 1 is 0.962 bits per heavy atom. The van der Waals surface area contributed by atoms with E-state index in [0.29, 0.717) is 16.3 Å². The van der Waals surface area contributed by atoms with Gasteiger partial charge < -0.3 is 15.4 Å². The molecule has 132 valence electrons. The van der Waals surface area contributed by atoms with Crippen LogP contribution in [0.15, 0.2) is 54.6 Å². The molecule has 26 heavy (non-hydrogen) atoms. The van der Waals surface area contributed by atoms with E-state index in [1.165, 1.54) is 18.3 Å². The van der Waals surface area contributed by atoms with Crippen LogP contribution in [0, 0.1) is 0 Å². The Bertz CT molecular complexity index is 930. The second kappa shape index (κ2) is 7.79. The van der Waals surface area contributed by atoms with E-state index in [4.69, 9.17) is 4.74 Å². The summed E-state index contributed by atoms with van der Waals surface area (Å²) in [7, 11) is 0. The molecule has 0 aliphatic carbocycles. The molecular formula is C19H16N2O4S. The normalized spacial score (nSPS) is 10.3. The Labute approximate surface area is 153 Å². The van der Waals surface area contributed by atoms with Gasteiger partial charge in [0.05, 0.1) is 0 Å². The van der Waals surface area contributed by atoms with Crippen molar-refractivity contribution < 1.29 is 19.1 Å². The Balaban J connectivity index is 1.53. The van der Waals surface area contributed by atoms with E-state index in [-0.39, 0.29) is 12.5 Å². The van der Waals surface area contributed by atoms with E-state index in [1.54, 1.807) is 30.3 Å². The topological polar surface area (TPSA) is 84.5 Å². The highest BCUT2D eigenvalue weighted by Crippen LogP contribution is 2.25. The minimum absolute atomic E-state index is 0.171. The standard InChI is InChI=1S/C19H16N2O4S/c1-12(22)20-14-6-8-15(9-7-14)21-18(23)11-25-19(24)17-10-13-4-2-3-5-16(13)26-17/h2-10H,11H2,1H3,(H,20,22)(H,21,23). The fourth-order valence-electron chi connectivity index (χ4n) is 2.32. The molecule has 2 aromatic carbocycles. The largest absolute Gasteiger partial charge is 0.451 e. The number of benzene rings is 2. The number of rotatable bonds is 5. The van der Waals surface area contributed by atoms with Gasteiger partial charge in [0.1, 0.15) is 4.88 Å². The van der Waals surface area contributed by atoms with Gasteiger partial charge in [-0.25, -0.2) is 4.79 Å². The third-order valence-electron chi connectivity index (χ3n) is 3.45. The highest BCUT2D eigenvalue weighted by atomic mass is 32.1. The first-order chi connectivity index (χ1) is 12.5. The third kappa shape index (κ3) is 4.46. The first kappa shape index (κ1) is 17.6. The lowest BCUT2D eigenvalue weighted by Crippen LogP contribution is -2.20. The Kier molecular flexibility index (Phi) is 5.28. The van der Waals surface area contributed by atoms with Gasteiger partial charge in [0.25, 0.3) is 5.91 Å². The van der Waals surface area contributed by atoms with Gasteiger partial charge in [0.15, 0.2) is 6.61 Å². The van der Waals surface area contributed by atoms with Crippen molar-refractivity contribution in [3.63, 3.8) is 0 Å². The summed E-state index contributed by atoms with van der Waals surface area (Å²) in [5.74, 6) is -1.14. The molecule has 0 saturated carbocycles. The molecule has 0 radical (unpaired) electrons. The molecule has 3 rings (SSSR count). The Morgan fingerprint density at radius 2 is 1.62 bits per heavy atom. The molecule has 0 spiro atoms. The number of amides is 2. The lowest BCUT2D eigenvalue weighted by molar-refractivity contribution is -0.119. The average molecular weight is 368 g/mol. The van der Waals surface area contributed by atoms with Crippen LogP contribution in [0.3, 0.4) is 0 Å². The van der Waals surface area contributed by atoms with Crippen LogP contribution in [0.2, 0.25) is 0 Å². The molecular weight excluding hydrogens is 352 g/mol. The smallest absolute Gasteiger partial charge is 0.348 e. The van der Waals surface area contributed by atoms with Crippen molar-refractivity contribution in [3.05, 3.63) is 59.5 Å². The van der Waals surface area contributed by atoms with Crippen molar-refractivity contribution in [1.82, 2.24) is 0 Å². The van der Waals surface area contributed by atoms with Gasteiger partial charge in [-0.3, -0.25) is 9.59 Å². The molecule has 0 aliphatic heterocycles. The molecule has 7 heteroatoms. The van der Waals surface area contributed by atoms with Gasteiger partial charge in [0, 0.05) is 23.0 Å². The van der Waals surface area contributed by atoms with Crippen molar-refractivity contribution in [3.8, 4) is 0 Å². The van der Waals surface area contributed by atoms with Crippen LogP contribution in [0.1, 0.15) is 16.6 Å². The Morgan fingerprint density at radius 3 is 2.27 bits per heavy atom. The minimum Gasteiger partial charge on any atom is -0.451 e. The van der Waals surface area contributed by atoms with Crippen molar-refractivity contribution in [2.24, 2.45) is 0 Å². The number of nitrogens with one attached hydrogen (secondary N) is 2. The molecule has 6 nitrogen and oxygen atoms in total. The zero-order valence-corrected chi connectivity index (χ0v) is 14.8. The number of hydrogen-bond donors (Lipinski definition) is 2. The van der Waals surface area contributed by atoms with Crippen LogP contribution in [0.4, 0.5) is 11.4 Å². The molecule has 0 unspecified atom stereocenters. The van der Waals surface area contributed by atoms with E-state index < -0.39 is 11.9 Å². The lowest BCUT2D eigenvalue weighted by Gasteiger charge is -2.07. The van der Waals surface area contributed by atoms with E-state index in [1.807, 2.05) is 24.3 Å². The van der Waals surface area contributed by atoms with Crippen molar-refractivity contribution in [2.75, 3.05) is 17.2 Å². The number of anilines is 2. The summed E-state index contributed by atoms with van der Waals surface area (Å²) < 4.78 is 6.06. The van der Waals surface area contributed by atoms with Gasteiger partial charge >= 0.3 is 5.97 Å². The fourth-order valence-corrected chi connectivity index (χ4v) is 3.28. The van der Waals surface area contributed by atoms with E-state index >= 15 is 0 Å². The number of fused-ring (bicyclic) bond motifs is 1. The summed E-state index contributed by atoms with van der Waals surface area (Å²) in [6, 6.07) is 16.0. The molecule has 0 saturated heterocycles. The van der Waals surface area contributed by atoms with Gasteiger partial charge in [0.2, 0.25) is 5.91 Å². The minimum atomic E-state index is -0.526. The van der Waals surface area contributed by atoms with E-state index in [0.717, 1.165) is 10.1 Å². The lowest BCUT2D eigenvalue weighted by atomic mass is 10.2. The first-order valence-electron chi connectivity index (χ1n) is 7.84. The number of esters is 1. The summed E-state index contributed by atoms with van der Waals surface area (Å²) >= 11 is 1.33. The number of thiophene rings is 1. The maximum Gasteiger partial charge on any atom is 0.348 e. The van der Waals surface area contributed by atoms with Crippen LogP contribution in [0.25, 0.3) is 10.1 Å². The van der Waals surface area contributed by atoms with Gasteiger partial charge in [-0.2, -0.15) is 0 Å². The van der Waals surface area contributed by atoms with Gasteiger partial charge in [-0.05, 0) is 41.8 Å². The highest BCUT2D eigenvalue weighted by Gasteiger charge is 2.13. The average Bonchev–Trinajstić information content (AvgIpc) is 3.05. The summed E-state index contributed by atoms with van der Waals surface area (Å²) in [6.07, 6.45) is 0. The number of carbonyl (C=O) groups excluding carboxylic acids is 3. The van der Waals surface area contributed by atoms with Crippen LogP contribution in [0.5, 0.6) is 0 Å². The quantitative estimate of drug-likeness (QED) is 0.673. The zero-order chi connectivity index (χ0) is 18.5. The third-order valence-corrected chi connectivity index (χ3v) is 4.55. The monoisotopic (exact) mass is 368 g/mol. The molecule has 3 aromatic rings. The maximum absolute atomic E-state index is 12.1. The molecule has 2 amide bonds. The summed E-state index contributed by atoms with van der Waals surface area (Å²) in [5.41, 5.74) is 1.17. The maximum atomic E-state index is 12.1. The molecule has 0 bridgehead atoms.